The lowest BCUT2D eigenvalue weighted by Gasteiger charge is -2.03. The lowest BCUT2D eigenvalue weighted by molar-refractivity contribution is 0.0601. The molecule has 0 radical (unpaired) electrons. The third-order valence-electron chi connectivity index (χ3n) is 3.43. The molecule has 0 unspecified atom stereocenters. The van der Waals surface area contributed by atoms with E-state index in [-0.39, 0.29) is 5.97 Å². The van der Waals surface area contributed by atoms with Crippen molar-refractivity contribution in [3.05, 3.63) is 48.4 Å². The molecule has 3 rings (SSSR count). The molecule has 0 N–H and O–H groups in total. The van der Waals surface area contributed by atoms with Crippen LogP contribution < -0.4 is 0 Å². The quantitative estimate of drug-likeness (QED) is 0.681. The van der Waals surface area contributed by atoms with Crippen LogP contribution in [0.3, 0.4) is 0 Å². The van der Waals surface area contributed by atoms with Crippen molar-refractivity contribution >= 4 is 16.9 Å². The van der Waals surface area contributed by atoms with E-state index >= 15 is 0 Å². The summed E-state index contributed by atoms with van der Waals surface area (Å²) in [5.41, 5.74) is 2.59. The van der Waals surface area contributed by atoms with Crippen LogP contribution in [0.1, 0.15) is 17.3 Å². The van der Waals surface area contributed by atoms with Crippen molar-refractivity contribution in [3.8, 4) is 11.3 Å². The van der Waals surface area contributed by atoms with Crippen LogP contribution >= 0.6 is 0 Å². The lowest BCUT2D eigenvalue weighted by Crippen LogP contribution is -2.01. The number of hydrogen-bond acceptors (Lipinski definition) is 3. The summed E-state index contributed by atoms with van der Waals surface area (Å²) in [5, 5.41) is 1.06. The predicted molar refractivity (Wildman–Crippen MR) is 76.7 cm³/mol. The molecule has 0 atom stereocenters. The van der Waals surface area contributed by atoms with Crippen LogP contribution in [0, 0.1) is 0 Å². The van der Waals surface area contributed by atoms with Crippen LogP contribution in [0.5, 0.6) is 0 Å². The van der Waals surface area contributed by atoms with Gasteiger partial charge in [0.2, 0.25) is 0 Å². The third kappa shape index (κ3) is 1.90. The SMILES string of the molecule is CCn1cc(-c2ccco2)c2ccc(C(=O)OC)cc21. The zero-order valence-electron chi connectivity index (χ0n) is 11.4. The molecule has 0 saturated heterocycles. The summed E-state index contributed by atoms with van der Waals surface area (Å²) in [6, 6.07) is 9.37. The molecule has 0 spiro atoms. The van der Waals surface area contributed by atoms with Gasteiger partial charge in [0.1, 0.15) is 5.76 Å². The molecule has 4 nitrogen and oxygen atoms in total. The van der Waals surface area contributed by atoms with Crippen LogP contribution in [0.15, 0.2) is 47.2 Å². The number of carbonyl (C=O) groups is 1. The first kappa shape index (κ1) is 12.5. The standard InChI is InChI=1S/C16H15NO3/c1-3-17-10-13(15-5-4-8-20-15)12-7-6-11(9-14(12)17)16(18)19-2/h4-10H,3H2,1-2H3. The van der Waals surface area contributed by atoms with E-state index in [0.29, 0.717) is 5.56 Å². The Kier molecular flexibility index (Phi) is 3.06. The summed E-state index contributed by atoms with van der Waals surface area (Å²) in [7, 11) is 1.39. The predicted octanol–water partition coefficient (Wildman–Crippen LogP) is 3.71. The van der Waals surface area contributed by atoms with Gasteiger partial charge in [-0.15, -0.1) is 0 Å². The maximum atomic E-state index is 11.6. The highest BCUT2D eigenvalue weighted by Crippen LogP contribution is 2.31. The number of benzene rings is 1. The number of hydrogen-bond donors (Lipinski definition) is 0. The first-order valence-corrected chi connectivity index (χ1v) is 6.49. The highest BCUT2D eigenvalue weighted by atomic mass is 16.5. The van der Waals surface area contributed by atoms with Crippen LogP contribution in [-0.4, -0.2) is 17.6 Å². The molecule has 0 fully saturated rings. The Morgan fingerprint density at radius 2 is 2.20 bits per heavy atom. The lowest BCUT2D eigenvalue weighted by atomic mass is 10.1. The molecule has 102 valence electrons. The number of aryl methyl sites for hydroxylation is 1. The number of furan rings is 1. The van der Waals surface area contributed by atoms with Gasteiger partial charge in [-0.05, 0) is 31.2 Å². The number of nitrogens with zero attached hydrogens (tertiary/aromatic N) is 1. The second kappa shape index (κ2) is 4.89. The van der Waals surface area contributed by atoms with Gasteiger partial charge in [0, 0.05) is 29.2 Å². The van der Waals surface area contributed by atoms with E-state index in [1.807, 2.05) is 30.5 Å². The van der Waals surface area contributed by atoms with E-state index in [1.54, 1.807) is 12.3 Å². The third-order valence-corrected chi connectivity index (χ3v) is 3.43. The maximum absolute atomic E-state index is 11.6. The molecule has 0 amide bonds. The fraction of sp³-hybridized carbons (Fsp3) is 0.188. The molecule has 2 heterocycles. The smallest absolute Gasteiger partial charge is 0.337 e. The molecule has 0 saturated carbocycles. The largest absolute Gasteiger partial charge is 0.465 e. The summed E-state index contributed by atoms with van der Waals surface area (Å²) >= 11 is 0. The molecule has 0 aliphatic heterocycles. The second-order valence-electron chi connectivity index (χ2n) is 4.53. The summed E-state index contributed by atoms with van der Waals surface area (Å²) in [6.07, 6.45) is 3.71. The van der Waals surface area contributed by atoms with E-state index in [0.717, 1.165) is 28.8 Å². The monoisotopic (exact) mass is 269 g/mol. The van der Waals surface area contributed by atoms with Crippen LogP contribution in [0.25, 0.3) is 22.2 Å². The summed E-state index contributed by atoms with van der Waals surface area (Å²) < 4.78 is 12.3. The van der Waals surface area contributed by atoms with Crippen LogP contribution in [0.2, 0.25) is 0 Å². The minimum atomic E-state index is -0.324. The first-order chi connectivity index (χ1) is 9.74. The minimum Gasteiger partial charge on any atom is -0.465 e. The average molecular weight is 269 g/mol. The normalized spacial score (nSPS) is 10.9. The fourth-order valence-corrected chi connectivity index (χ4v) is 2.43. The van der Waals surface area contributed by atoms with Crippen molar-refractivity contribution in [2.45, 2.75) is 13.5 Å². The fourth-order valence-electron chi connectivity index (χ4n) is 2.43. The number of esters is 1. The van der Waals surface area contributed by atoms with E-state index in [2.05, 4.69) is 11.5 Å². The molecule has 20 heavy (non-hydrogen) atoms. The van der Waals surface area contributed by atoms with Crippen molar-refractivity contribution in [1.82, 2.24) is 4.57 Å². The first-order valence-electron chi connectivity index (χ1n) is 6.49. The Morgan fingerprint density at radius 1 is 1.35 bits per heavy atom. The van der Waals surface area contributed by atoms with Crippen molar-refractivity contribution < 1.29 is 13.9 Å². The number of rotatable bonds is 3. The summed E-state index contributed by atoms with van der Waals surface area (Å²) in [4.78, 5) is 11.6. The summed E-state index contributed by atoms with van der Waals surface area (Å²) in [6.45, 7) is 2.89. The van der Waals surface area contributed by atoms with Gasteiger partial charge in [-0.1, -0.05) is 6.07 Å². The Bertz CT molecular complexity index is 753. The number of methoxy groups -OCH3 is 1. The molecule has 0 bridgehead atoms. The molecular formula is C16H15NO3. The zero-order chi connectivity index (χ0) is 14.1. The van der Waals surface area contributed by atoms with Gasteiger partial charge in [0.25, 0.3) is 0 Å². The Morgan fingerprint density at radius 3 is 2.85 bits per heavy atom. The number of aromatic nitrogens is 1. The highest BCUT2D eigenvalue weighted by Gasteiger charge is 2.14. The molecule has 2 aromatic heterocycles. The molecule has 1 aromatic carbocycles. The Hall–Kier alpha value is -2.49. The topological polar surface area (TPSA) is 44.4 Å². The van der Waals surface area contributed by atoms with Crippen molar-refractivity contribution in [2.75, 3.05) is 7.11 Å². The van der Waals surface area contributed by atoms with Gasteiger partial charge in [-0.2, -0.15) is 0 Å². The molecule has 3 aromatic rings. The van der Waals surface area contributed by atoms with Gasteiger partial charge in [0.15, 0.2) is 0 Å². The molecular weight excluding hydrogens is 254 g/mol. The van der Waals surface area contributed by atoms with E-state index < -0.39 is 0 Å². The van der Waals surface area contributed by atoms with Crippen LogP contribution in [-0.2, 0) is 11.3 Å². The van der Waals surface area contributed by atoms with Gasteiger partial charge in [-0.3, -0.25) is 0 Å². The molecule has 0 aliphatic carbocycles. The van der Waals surface area contributed by atoms with E-state index in [1.165, 1.54) is 7.11 Å². The number of carbonyl (C=O) groups excluding carboxylic acids is 1. The Labute approximate surface area is 116 Å². The van der Waals surface area contributed by atoms with E-state index in [9.17, 15) is 4.79 Å². The summed E-state index contributed by atoms with van der Waals surface area (Å²) in [5.74, 6) is 0.503. The average Bonchev–Trinajstić information content (AvgIpc) is 3.12. The van der Waals surface area contributed by atoms with Crippen molar-refractivity contribution in [3.63, 3.8) is 0 Å². The second-order valence-corrected chi connectivity index (χ2v) is 4.53. The van der Waals surface area contributed by atoms with Gasteiger partial charge >= 0.3 is 5.97 Å². The number of ether oxygens (including phenoxy) is 1. The van der Waals surface area contributed by atoms with Crippen molar-refractivity contribution in [2.24, 2.45) is 0 Å². The maximum Gasteiger partial charge on any atom is 0.337 e. The van der Waals surface area contributed by atoms with Gasteiger partial charge < -0.3 is 13.7 Å². The number of fused-ring (bicyclic) bond motifs is 1. The minimum absolute atomic E-state index is 0.324. The zero-order valence-corrected chi connectivity index (χ0v) is 11.4. The van der Waals surface area contributed by atoms with Crippen molar-refractivity contribution in [1.29, 1.82) is 0 Å². The van der Waals surface area contributed by atoms with Gasteiger partial charge in [0.05, 0.1) is 18.9 Å². The van der Waals surface area contributed by atoms with Gasteiger partial charge in [-0.25, -0.2) is 4.79 Å². The van der Waals surface area contributed by atoms with E-state index in [4.69, 9.17) is 9.15 Å². The highest BCUT2D eigenvalue weighted by molar-refractivity contribution is 6.00. The molecule has 4 heteroatoms. The Balaban J connectivity index is 2.23. The van der Waals surface area contributed by atoms with Crippen LogP contribution in [0.4, 0.5) is 0 Å². The molecule has 0 aliphatic rings.